The fourth-order valence-electron chi connectivity index (χ4n) is 8.64. The third-order valence-corrected chi connectivity index (χ3v) is 12.1. The van der Waals surface area contributed by atoms with Crippen LogP contribution in [0.4, 0.5) is 0 Å². The van der Waals surface area contributed by atoms with Crippen molar-refractivity contribution in [3.8, 4) is 22.3 Å². The molecular formula is C51H40S. The molecule has 0 radical (unpaired) electrons. The predicted molar refractivity (Wildman–Crippen MR) is 231 cm³/mol. The molecule has 0 saturated carbocycles. The van der Waals surface area contributed by atoms with E-state index in [2.05, 4.69) is 173 Å². The summed E-state index contributed by atoms with van der Waals surface area (Å²) in [4.78, 5) is 0. The highest BCUT2D eigenvalue weighted by atomic mass is 32.1. The molecule has 7 aromatic rings. The van der Waals surface area contributed by atoms with E-state index < -0.39 is 0 Å². The maximum Gasteiger partial charge on any atom is 0.0437 e. The third-order valence-electron chi connectivity index (χ3n) is 10.9. The molecule has 1 heteroatoms. The van der Waals surface area contributed by atoms with Crippen molar-refractivity contribution in [2.24, 2.45) is 0 Å². The van der Waals surface area contributed by atoms with Crippen LogP contribution in [-0.2, 0) is 5.41 Å². The van der Waals surface area contributed by atoms with E-state index in [1.807, 2.05) is 23.5 Å². The molecule has 0 bridgehead atoms. The zero-order valence-electron chi connectivity index (χ0n) is 29.7. The van der Waals surface area contributed by atoms with Gasteiger partial charge in [-0.15, -0.1) is 11.3 Å². The Hall–Kier alpha value is -5.76. The summed E-state index contributed by atoms with van der Waals surface area (Å²) in [7, 11) is 0. The van der Waals surface area contributed by atoms with Crippen LogP contribution in [0.5, 0.6) is 0 Å². The lowest BCUT2D eigenvalue weighted by molar-refractivity contribution is 0.676. The average Bonchev–Trinajstić information content (AvgIpc) is 3.60. The van der Waals surface area contributed by atoms with Gasteiger partial charge in [-0.1, -0.05) is 173 Å². The molecule has 0 spiro atoms. The number of hydrogen-bond donors (Lipinski definition) is 0. The first-order valence-corrected chi connectivity index (χ1v) is 19.1. The minimum absolute atomic E-state index is 0.191. The third kappa shape index (κ3) is 5.11. The van der Waals surface area contributed by atoms with E-state index in [9.17, 15) is 0 Å². The molecular weight excluding hydrogens is 645 g/mol. The first-order valence-electron chi connectivity index (χ1n) is 18.2. The Labute approximate surface area is 310 Å². The van der Waals surface area contributed by atoms with Crippen molar-refractivity contribution >= 4 is 78.2 Å². The highest BCUT2D eigenvalue weighted by Gasteiger charge is 2.27. The largest absolute Gasteiger partial charge is 0.135 e. The Balaban J connectivity index is 1.26. The standard InChI is InChI=1S/C51H40S/c1-5-37-38(6-2)47(40-24-11-10-23-39(40)46(37)34-18-8-7-9-19-34)36-21-16-20-35(32-36)33-22-17-31-51(3,4)49-42-26-13-12-25-41(42)48-43-27-14-15-28-45(43)52-50(48)44(49)30-29-33/h5-9,12-32H,1-2,10-11H2,3-4H3/b30-29?,31-17+,33-22?. The van der Waals surface area contributed by atoms with Gasteiger partial charge >= 0.3 is 0 Å². The number of hydrogen-bond acceptors (Lipinski definition) is 1. The van der Waals surface area contributed by atoms with Crippen molar-refractivity contribution in [1.82, 2.24) is 0 Å². The summed E-state index contributed by atoms with van der Waals surface area (Å²) >= 11 is 1.91. The highest BCUT2D eigenvalue weighted by molar-refractivity contribution is 7.26. The molecule has 0 N–H and O–H groups in total. The Morgan fingerprint density at radius 3 is 1.98 bits per heavy atom. The summed E-state index contributed by atoms with van der Waals surface area (Å²) in [6, 6.07) is 37.6. The quantitative estimate of drug-likeness (QED) is 0.169. The number of thiophene rings is 1. The molecule has 52 heavy (non-hydrogen) atoms. The van der Waals surface area contributed by atoms with E-state index in [1.54, 1.807) is 0 Å². The summed E-state index contributed by atoms with van der Waals surface area (Å²) in [5.74, 6) is 0. The van der Waals surface area contributed by atoms with Crippen molar-refractivity contribution in [2.45, 2.75) is 32.1 Å². The van der Waals surface area contributed by atoms with E-state index in [-0.39, 0.29) is 5.41 Å². The van der Waals surface area contributed by atoms with Crippen molar-refractivity contribution in [3.05, 3.63) is 179 Å². The Kier molecular flexibility index (Phi) is 7.91. The molecule has 0 nitrogen and oxygen atoms in total. The second-order valence-electron chi connectivity index (χ2n) is 14.4. The molecule has 2 aliphatic carbocycles. The summed E-state index contributed by atoms with van der Waals surface area (Å²) < 4.78 is 2.68. The fraction of sp³-hybridized carbons (Fsp3) is 0.0980. The second kappa shape index (κ2) is 12.8. The van der Waals surface area contributed by atoms with Crippen molar-refractivity contribution in [1.29, 1.82) is 0 Å². The van der Waals surface area contributed by atoms with Crippen LogP contribution < -0.4 is 10.4 Å². The summed E-state index contributed by atoms with van der Waals surface area (Å²) in [6.45, 7) is 13.4. The van der Waals surface area contributed by atoms with Crippen LogP contribution in [-0.4, -0.2) is 0 Å². The van der Waals surface area contributed by atoms with Crippen LogP contribution in [0.1, 0.15) is 54.5 Å². The number of benzene rings is 6. The van der Waals surface area contributed by atoms with E-state index in [1.165, 1.54) is 85.9 Å². The van der Waals surface area contributed by atoms with Gasteiger partial charge in [0.2, 0.25) is 0 Å². The number of fused-ring (bicyclic) bond motifs is 9. The van der Waals surface area contributed by atoms with Crippen LogP contribution in [0, 0.1) is 0 Å². The molecule has 9 rings (SSSR count). The monoisotopic (exact) mass is 684 g/mol. The summed E-state index contributed by atoms with van der Waals surface area (Å²) in [5.41, 5.74) is 12.0. The van der Waals surface area contributed by atoms with Crippen LogP contribution in [0.15, 0.2) is 141 Å². The topological polar surface area (TPSA) is 0 Å². The Morgan fingerprint density at radius 2 is 1.25 bits per heavy atom. The molecule has 0 saturated heterocycles. The minimum atomic E-state index is -0.191. The van der Waals surface area contributed by atoms with Crippen LogP contribution in [0.2, 0.25) is 0 Å². The fourth-order valence-corrected chi connectivity index (χ4v) is 9.89. The molecule has 1 heterocycles. The number of rotatable bonds is 5. The second-order valence-corrected chi connectivity index (χ2v) is 15.5. The van der Waals surface area contributed by atoms with Crippen LogP contribution >= 0.6 is 11.3 Å². The summed E-state index contributed by atoms with van der Waals surface area (Å²) in [5, 5.41) is 7.93. The van der Waals surface area contributed by atoms with Gasteiger partial charge in [0.25, 0.3) is 0 Å². The molecule has 0 amide bonds. The Morgan fingerprint density at radius 1 is 0.635 bits per heavy atom. The van der Waals surface area contributed by atoms with Gasteiger partial charge in [0.15, 0.2) is 0 Å². The zero-order chi connectivity index (χ0) is 35.4. The van der Waals surface area contributed by atoms with Gasteiger partial charge in [0.1, 0.15) is 0 Å². The Bertz CT molecular complexity index is 2830. The molecule has 250 valence electrons. The smallest absolute Gasteiger partial charge is 0.0437 e. The van der Waals surface area contributed by atoms with Crippen molar-refractivity contribution < 1.29 is 0 Å². The average molecular weight is 685 g/mol. The van der Waals surface area contributed by atoms with Gasteiger partial charge in [0, 0.05) is 25.6 Å². The lowest BCUT2D eigenvalue weighted by Gasteiger charge is -2.26. The zero-order valence-corrected chi connectivity index (χ0v) is 30.6. The maximum atomic E-state index is 4.35. The lowest BCUT2D eigenvalue weighted by Crippen LogP contribution is -2.33. The van der Waals surface area contributed by atoms with E-state index >= 15 is 0 Å². The van der Waals surface area contributed by atoms with E-state index in [4.69, 9.17) is 0 Å². The normalized spacial score (nSPS) is 15.4. The number of allylic oxidation sites excluding steroid dienone is 5. The molecule has 6 aromatic carbocycles. The van der Waals surface area contributed by atoms with Gasteiger partial charge < -0.3 is 0 Å². The molecule has 0 aliphatic heterocycles. The van der Waals surface area contributed by atoms with E-state index in [0.29, 0.717) is 0 Å². The van der Waals surface area contributed by atoms with E-state index in [0.717, 1.165) is 24.0 Å². The van der Waals surface area contributed by atoms with Gasteiger partial charge in [-0.3, -0.25) is 0 Å². The van der Waals surface area contributed by atoms with Gasteiger partial charge in [-0.25, -0.2) is 0 Å². The first-order chi connectivity index (χ1) is 25.5. The molecule has 0 fully saturated rings. The molecule has 0 unspecified atom stereocenters. The lowest BCUT2D eigenvalue weighted by atomic mass is 9.77. The summed E-state index contributed by atoms with van der Waals surface area (Å²) in [6.07, 6.45) is 22.6. The highest BCUT2D eigenvalue weighted by Crippen LogP contribution is 2.47. The van der Waals surface area contributed by atoms with Crippen LogP contribution in [0.25, 0.3) is 89.2 Å². The maximum absolute atomic E-state index is 4.35. The van der Waals surface area contributed by atoms with Gasteiger partial charge in [-0.05, 0) is 102 Å². The van der Waals surface area contributed by atoms with Crippen LogP contribution in [0.3, 0.4) is 0 Å². The van der Waals surface area contributed by atoms with Gasteiger partial charge in [0.05, 0.1) is 0 Å². The first kappa shape index (κ1) is 32.2. The van der Waals surface area contributed by atoms with Crippen molar-refractivity contribution in [3.63, 3.8) is 0 Å². The predicted octanol–water partition coefficient (Wildman–Crippen LogP) is 13.1. The van der Waals surface area contributed by atoms with Gasteiger partial charge in [-0.2, -0.15) is 0 Å². The molecule has 0 atom stereocenters. The SMILES string of the molecule is C=Cc1c(C=C)c(-c2cccc(C3=C/C=C/C(C)(C)c4c(c5sc6ccccc6c5c5ccccc45)C=C3)c2)c2c(c1-c1ccccc1)=CCCC=2. The molecule has 1 aromatic heterocycles. The molecule has 2 aliphatic rings. The van der Waals surface area contributed by atoms with Crippen molar-refractivity contribution in [2.75, 3.05) is 0 Å². The minimum Gasteiger partial charge on any atom is -0.135 e.